The van der Waals surface area contributed by atoms with Crippen LogP contribution in [0, 0.1) is 0 Å². The first-order chi connectivity index (χ1) is 11.0. The maximum Gasteiger partial charge on any atom is 0.323 e. The van der Waals surface area contributed by atoms with E-state index >= 15 is 0 Å². The molecule has 120 valence electrons. The molecule has 1 aromatic heterocycles. The molecule has 2 aromatic carbocycles. The van der Waals surface area contributed by atoms with Crippen molar-refractivity contribution in [2.75, 3.05) is 6.54 Å². The van der Waals surface area contributed by atoms with Gasteiger partial charge in [0.2, 0.25) is 10.0 Å². The first-order valence-corrected chi connectivity index (χ1v) is 9.18. The molecule has 0 unspecified atom stereocenters. The van der Waals surface area contributed by atoms with Gasteiger partial charge in [-0.1, -0.05) is 30.3 Å². The minimum absolute atomic E-state index is 0.0910. The molecular weight excluding hydrogens is 382 g/mol. The highest BCUT2D eigenvalue weighted by atomic mass is 79.9. The molecule has 0 aliphatic carbocycles. The lowest BCUT2D eigenvalue weighted by molar-refractivity contribution is 0.581. The van der Waals surface area contributed by atoms with Crippen LogP contribution < -0.4 is 10.4 Å². The Bertz CT molecular complexity index is 994. The first-order valence-electron chi connectivity index (χ1n) is 6.91. The van der Waals surface area contributed by atoms with Crippen LogP contribution in [0.3, 0.4) is 0 Å². The predicted octanol–water partition coefficient (Wildman–Crippen LogP) is 2.14. The molecule has 1 heterocycles. The summed E-state index contributed by atoms with van der Waals surface area (Å²) in [5.74, 6) is 0. The number of fused-ring (bicyclic) bond motifs is 1. The molecule has 0 amide bonds. The summed E-state index contributed by atoms with van der Waals surface area (Å²) in [5.41, 5.74) is 1.67. The van der Waals surface area contributed by atoms with E-state index in [1.165, 1.54) is 6.07 Å². The van der Waals surface area contributed by atoms with E-state index in [-0.39, 0.29) is 10.6 Å². The van der Waals surface area contributed by atoms with E-state index in [2.05, 4.69) is 30.6 Å². The number of aromatic amines is 2. The van der Waals surface area contributed by atoms with Crippen molar-refractivity contribution in [1.82, 2.24) is 14.7 Å². The summed E-state index contributed by atoms with van der Waals surface area (Å²) in [6.07, 6.45) is 0.598. The number of sulfonamides is 1. The molecule has 0 spiro atoms. The summed E-state index contributed by atoms with van der Waals surface area (Å²) in [5, 5.41) is 0. The fraction of sp³-hybridized carbons (Fsp3) is 0.133. The summed E-state index contributed by atoms with van der Waals surface area (Å²) >= 11 is 3.24. The van der Waals surface area contributed by atoms with Crippen LogP contribution in [0.5, 0.6) is 0 Å². The number of hydrogen-bond donors (Lipinski definition) is 3. The van der Waals surface area contributed by atoms with Crippen LogP contribution in [-0.4, -0.2) is 24.9 Å². The highest BCUT2D eigenvalue weighted by Gasteiger charge is 2.18. The Hall–Kier alpha value is -1.90. The Morgan fingerprint density at radius 1 is 1.04 bits per heavy atom. The zero-order valence-corrected chi connectivity index (χ0v) is 14.4. The third kappa shape index (κ3) is 3.54. The van der Waals surface area contributed by atoms with Crippen molar-refractivity contribution in [3.05, 3.63) is 63.0 Å². The standard InChI is InChI=1S/C15H14BrN3O3S/c16-11-8-12-13(19-15(20)18-12)9-14(11)23(21,22)17-7-6-10-4-2-1-3-5-10/h1-5,8-9,17H,6-7H2,(H2,18,19,20). The second kappa shape index (κ2) is 6.31. The highest BCUT2D eigenvalue weighted by Crippen LogP contribution is 2.25. The fourth-order valence-electron chi connectivity index (χ4n) is 2.29. The van der Waals surface area contributed by atoms with Crippen LogP contribution in [0.1, 0.15) is 5.56 Å². The summed E-state index contributed by atoms with van der Waals surface area (Å²) in [6, 6.07) is 12.6. The van der Waals surface area contributed by atoms with Gasteiger partial charge in [0.25, 0.3) is 0 Å². The van der Waals surface area contributed by atoms with Crippen molar-refractivity contribution in [2.24, 2.45) is 0 Å². The van der Waals surface area contributed by atoms with E-state index in [1.54, 1.807) is 6.07 Å². The molecule has 3 aromatic rings. The second-order valence-electron chi connectivity index (χ2n) is 5.04. The number of rotatable bonds is 5. The maximum absolute atomic E-state index is 12.5. The van der Waals surface area contributed by atoms with Crippen LogP contribution >= 0.6 is 15.9 Å². The Labute approximate surface area is 141 Å². The zero-order valence-electron chi connectivity index (χ0n) is 12.0. The van der Waals surface area contributed by atoms with Gasteiger partial charge in [-0.05, 0) is 40.0 Å². The van der Waals surface area contributed by atoms with E-state index in [9.17, 15) is 13.2 Å². The van der Waals surface area contributed by atoms with Gasteiger partial charge >= 0.3 is 5.69 Å². The fourth-order valence-corrected chi connectivity index (χ4v) is 4.39. The minimum Gasteiger partial charge on any atom is -0.306 e. The van der Waals surface area contributed by atoms with Gasteiger partial charge < -0.3 is 9.97 Å². The van der Waals surface area contributed by atoms with Gasteiger partial charge in [-0.2, -0.15) is 0 Å². The third-order valence-electron chi connectivity index (χ3n) is 3.41. The topological polar surface area (TPSA) is 94.8 Å². The minimum atomic E-state index is -3.68. The van der Waals surface area contributed by atoms with Gasteiger partial charge in [0.15, 0.2) is 0 Å². The lowest BCUT2D eigenvalue weighted by Gasteiger charge is -2.09. The molecule has 0 saturated heterocycles. The maximum atomic E-state index is 12.5. The predicted molar refractivity (Wildman–Crippen MR) is 92.0 cm³/mol. The lowest BCUT2D eigenvalue weighted by Crippen LogP contribution is -2.26. The van der Waals surface area contributed by atoms with Crippen LogP contribution in [0.15, 0.2) is 56.6 Å². The van der Waals surface area contributed by atoms with Crippen molar-refractivity contribution in [2.45, 2.75) is 11.3 Å². The molecule has 23 heavy (non-hydrogen) atoms. The van der Waals surface area contributed by atoms with E-state index in [1.807, 2.05) is 30.3 Å². The molecule has 3 N–H and O–H groups in total. The molecule has 0 fully saturated rings. The zero-order chi connectivity index (χ0) is 16.4. The lowest BCUT2D eigenvalue weighted by atomic mass is 10.2. The molecule has 0 aliphatic rings. The van der Waals surface area contributed by atoms with Gasteiger partial charge in [0, 0.05) is 11.0 Å². The number of nitrogens with one attached hydrogen (secondary N) is 3. The first kappa shape index (κ1) is 16.0. The van der Waals surface area contributed by atoms with E-state index < -0.39 is 10.0 Å². The largest absolute Gasteiger partial charge is 0.323 e. The molecule has 0 atom stereocenters. The van der Waals surface area contributed by atoms with Crippen LogP contribution in [0.4, 0.5) is 0 Å². The molecule has 8 heteroatoms. The van der Waals surface area contributed by atoms with Gasteiger partial charge in [-0.15, -0.1) is 0 Å². The van der Waals surface area contributed by atoms with Gasteiger partial charge in [0.1, 0.15) is 0 Å². The Morgan fingerprint density at radius 2 is 1.70 bits per heavy atom. The summed E-state index contributed by atoms with van der Waals surface area (Å²) in [6.45, 7) is 0.292. The summed E-state index contributed by atoms with van der Waals surface area (Å²) in [4.78, 5) is 16.5. The molecule has 0 aliphatic heterocycles. The Balaban J connectivity index is 1.81. The van der Waals surface area contributed by atoms with E-state index in [4.69, 9.17) is 0 Å². The average Bonchev–Trinajstić information content (AvgIpc) is 2.86. The SMILES string of the molecule is O=c1[nH]c2cc(Br)c(S(=O)(=O)NCCc3ccccc3)cc2[nH]1. The van der Waals surface area contributed by atoms with E-state index in [0.717, 1.165) is 5.56 Å². The van der Waals surface area contributed by atoms with Crippen molar-refractivity contribution in [3.63, 3.8) is 0 Å². The molecular formula is C15H14BrN3O3S. The third-order valence-corrected chi connectivity index (χ3v) is 5.83. The van der Waals surface area contributed by atoms with Gasteiger partial charge in [-0.25, -0.2) is 17.9 Å². The number of benzene rings is 2. The molecule has 0 bridgehead atoms. The van der Waals surface area contributed by atoms with Crippen molar-refractivity contribution in [1.29, 1.82) is 0 Å². The molecule has 0 saturated carbocycles. The molecule has 0 radical (unpaired) electrons. The van der Waals surface area contributed by atoms with Crippen LogP contribution in [-0.2, 0) is 16.4 Å². The van der Waals surface area contributed by atoms with Gasteiger partial charge in [0.05, 0.1) is 15.9 Å². The highest BCUT2D eigenvalue weighted by molar-refractivity contribution is 9.10. The van der Waals surface area contributed by atoms with Crippen molar-refractivity contribution in [3.8, 4) is 0 Å². The van der Waals surface area contributed by atoms with Crippen molar-refractivity contribution >= 4 is 37.0 Å². The molecule has 6 nitrogen and oxygen atoms in total. The normalized spacial score (nSPS) is 11.9. The Morgan fingerprint density at radius 3 is 2.39 bits per heavy atom. The van der Waals surface area contributed by atoms with Gasteiger partial charge in [-0.3, -0.25) is 0 Å². The number of H-pyrrole nitrogens is 2. The van der Waals surface area contributed by atoms with Crippen molar-refractivity contribution < 1.29 is 8.42 Å². The second-order valence-corrected chi connectivity index (χ2v) is 7.63. The number of hydrogen-bond acceptors (Lipinski definition) is 3. The van der Waals surface area contributed by atoms with E-state index in [0.29, 0.717) is 28.5 Å². The quantitative estimate of drug-likeness (QED) is 0.617. The Kier molecular flexibility index (Phi) is 4.38. The average molecular weight is 396 g/mol. The molecule has 3 rings (SSSR count). The van der Waals surface area contributed by atoms with Crippen LogP contribution in [0.25, 0.3) is 11.0 Å². The number of aromatic nitrogens is 2. The monoisotopic (exact) mass is 395 g/mol. The number of imidazole rings is 1. The summed E-state index contributed by atoms with van der Waals surface area (Å²) in [7, 11) is -3.68. The summed E-state index contributed by atoms with van der Waals surface area (Å²) < 4.78 is 27.9. The van der Waals surface area contributed by atoms with Crippen LogP contribution in [0.2, 0.25) is 0 Å². The smallest absolute Gasteiger partial charge is 0.306 e. The number of halogens is 1.